The number of nitrogens with one attached hydrogen (secondary N) is 1. The Balaban J connectivity index is 1.53. The van der Waals surface area contributed by atoms with Gasteiger partial charge in [0.15, 0.2) is 0 Å². The van der Waals surface area contributed by atoms with Gasteiger partial charge in [-0.3, -0.25) is 4.79 Å². The molecule has 3 N–H and O–H groups in total. The number of aromatic hydroxyl groups is 1. The maximum Gasteiger partial charge on any atom is 0.220 e. The summed E-state index contributed by atoms with van der Waals surface area (Å²) >= 11 is 5.87. The average Bonchev–Trinajstić information content (AvgIpc) is 3.09. The molecule has 0 radical (unpaired) electrons. The molecule has 0 saturated heterocycles. The molecule has 120 valence electrons. The molecule has 0 spiro atoms. The van der Waals surface area contributed by atoms with Gasteiger partial charge >= 0.3 is 0 Å². The third-order valence-corrected chi connectivity index (χ3v) is 5.58. The average molecular weight is 324 g/mol. The summed E-state index contributed by atoms with van der Waals surface area (Å²) < 4.78 is 0. The number of hydrogen-bond acceptors (Lipinski definition) is 3. The molecular formula is C17H22ClNO3. The Morgan fingerprint density at radius 2 is 2.09 bits per heavy atom. The Labute approximate surface area is 135 Å². The number of aryl methyl sites for hydroxylation is 1. The fourth-order valence-electron chi connectivity index (χ4n) is 4.12. The zero-order chi connectivity index (χ0) is 15.7. The van der Waals surface area contributed by atoms with Crippen molar-refractivity contribution in [2.75, 3.05) is 6.61 Å². The maximum absolute atomic E-state index is 12.2. The van der Waals surface area contributed by atoms with E-state index in [1.807, 2.05) is 0 Å². The molecular weight excluding hydrogens is 302 g/mol. The van der Waals surface area contributed by atoms with E-state index in [0.717, 1.165) is 12.0 Å². The standard InChI is InChI=1S/C17H22ClNO3/c18-14-7-10(1-5-15(14)21)2-6-16(22)19-17-12-4-3-11(8-12)13(17)9-20/h1,5,7,11-13,17,20-21H,2-4,6,8-9H2,(H,19,22). The van der Waals surface area contributed by atoms with Crippen molar-refractivity contribution in [2.24, 2.45) is 17.8 Å². The molecule has 4 atom stereocenters. The van der Waals surface area contributed by atoms with Crippen LogP contribution in [0.1, 0.15) is 31.2 Å². The Morgan fingerprint density at radius 3 is 2.82 bits per heavy atom. The molecule has 1 aromatic rings. The second kappa shape index (κ2) is 6.47. The molecule has 4 unspecified atom stereocenters. The number of aliphatic hydroxyl groups excluding tert-OH is 1. The molecule has 2 aliphatic rings. The zero-order valence-corrected chi connectivity index (χ0v) is 13.2. The van der Waals surface area contributed by atoms with Crippen molar-refractivity contribution in [3.8, 4) is 5.75 Å². The third-order valence-electron chi connectivity index (χ3n) is 5.28. The molecule has 2 fully saturated rings. The molecule has 3 rings (SSSR count). The van der Waals surface area contributed by atoms with Gasteiger partial charge in [0, 0.05) is 25.0 Å². The first kappa shape index (κ1) is 15.6. The van der Waals surface area contributed by atoms with E-state index in [-0.39, 0.29) is 30.2 Å². The molecule has 4 nitrogen and oxygen atoms in total. The van der Waals surface area contributed by atoms with Crippen LogP contribution in [0.4, 0.5) is 0 Å². The lowest BCUT2D eigenvalue weighted by Gasteiger charge is -2.30. The fourth-order valence-corrected chi connectivity index (χ4v) is 4.32. The van der Waals surface area contributed by atoms with Gasteiger partial charge in [-0.25, -0.2) is 0 Å². The highest BCUT2D eigenvalue weighted by atomic mass is 35.5. The lowest BCUT2D eigenvalue weighted by atomic mass is 9.85. The van der Waals surface area contributed by atoms with Crippen molar-refractivity contribution in [1.29, 1.82) is 0 Å². The minimum absolute atomic E-state index is 0.0280. The van der Waals surface area contributed by atoms with Crippen LogP contribution in [0.3, 0.4) is 0 Å². The van der Waals surface area contributed by atoms with Gasteiger partial charge in [-0.05, 0) is 55.2 Å². The largest absolute Gasteiger partial charge is 0.506 e. The van der Waals surface area contributed by atoms with Crippen LogP contribution < -0.4 is 5.32 Å². The predicted octanol–water partition coefficient (Wildman–Crippen LogP) is 2.50. The van der Waals surface area contributed by atoms with Crippen molar-refractivity contribution in [2.45, 2.75) is 38.1 Å². The van der Waals surface area contributed by atoms with Crippen LogP contribution in [0.2, 0.25) is 5.02 Å². The van der Waals surface area contributed by atoms with Crippen LogP contribution >= 0.6 is 11.6 Å². The van der Waals surface area contributed by atoms with Crippen LogP contribution in [0.5, 0.6) is 5.75 Å². The first-order chi connectivity index (χ1) is 10.6. The van der Waals surface area contributed by atoms with Gasteiger partial charge in [0.05, 0.1) is 5.02 Å². The van der Waals surface area contributed by atoms with Crippen molar-refractivity contribution in [3.63, 3.8) is 0 Å². The number of phenols is 1. The number of halogens is 1. The van der Waals surface area contributed by atoms with Gasteiger partial charge in [0.25, 0.3) is 0 Å². The first-order valence-corrected chi connectivity index (χ1v) is 8.34. The number of hydrogen-bond donors (Lipinski definition) is 3. The topological polar surface area (TPSA) is 69.6 Å². The van der Waals surface area contributed by atoms with Gasteiger partial charge < -0.3 is 15.5 Å². The monoisotopic (exact) mass is 323 g/mol. The van der Waals surface area contributed by atoms with Gasteiger partial charge in [0.1, 0.15) is 5.75 Å². The minimum atomic E-state index is 0.0280. The van der Waals surface area contributed by atoms with E-state index in [2.05, 4.69) is 5.32 Å². The summed E-state index contributed by atoms with van der Waals surface area (Å²) in [6.07, 6.45) is 4.49. The van der Waals surface area contributed by atoms with Gasteiger partial charge in [-0.15, -0.1) is 0 Å². The normalized spacial score (nSPS) is 29.7. The molecule has 2 saturated carbocycles. The summed E-state index contributed by atoms with van der Waals surface area (Å²) in [5.74, 6) is 1.43. The molecule has 1 aromatic carbocycles. The maximum atomic E-state index is 12.2. The molecule has 2 aliphatic carbocycles. The van der Waals surface area contributed by atoms with E-state index < -0.39 is 0 Å². The van der Waals surface area contributed by atoms with Crippen molar-refractivity contribution in [1.82, 2.24) is 5.32 Å². The summed E-state index contributed by atoms with van der Waals surface area (Å²) in [5.41, 5.74) is 0.935. The zero-order valence-electron chi connectivity index (χ0n) is 12.5. The van der Waals surface area contributed by atoms with E-state index in [4.69, 9.17) is 11.6 Å². The molecule has 5 heteroatoms. The number of carbonyl (C=O) groups is 1. The van der Waals surface area contributed by atoms with Crippen LogP contribution in [0, 0.1) is 17.8 Å². The summed E-state index contributed by atoms with van der Waals surface area (Å²) in [6, 6.07) is 5.16. The molecule has 22 heavy (non-hydrogen) atoms. The van der Waals surface area contributed by atoms with E-state index in [0.29, 0.717) is 29.7 Å². The number of aliphatic hydroxyl groups is 1. The Morgan fingerprint density at radius 1 is 1.32 bits per heavy atom. The Kier molecular flexibility index (Phi) is 4.59. The lowest BCUT2D eigenvalue weighted by Crippen LogP contribution is -2.45. The van der Waals surface area contributed by atoms with Gasteiger partial charge in [-0.2, -0.15) is 0 Å². The quantitative estimate of drug-likeness (QED) is 0.779. The van der Waals surface area contributed by atoms with Crippen molar-refractivity contribution >= 4 is 17.5 Å². The highest BCUT2D eigenvalue weighted by Gasteiger charge is 2.47. The van der Waals surface area contributed by atoms with E-state index in [1.165, 1.54) is 12.8 Å². The molecule has 0 aromatic heterocycles. The summed E-state index contributed by atoms with van der Waals surface area (Å²) in [7, 11) is 0. The number of amides is 1. The van der Waals surface area contributed by atoms with Crippen LogP contribution in [-0.4, -0.2) is 28.8 Å². The van der Waals surface area contributed by atoms with Crippen molar-refractivity contribution in [3.05, 3.63) is 28.8 Å². The van der Waals surface area contributed by atoms with Gasteiger partial charge in [0.2, 0.25) is 5.91 Å². The lowest BCUT2D eigenvalue weighted by molar-refractivity contribution is -0.122. The Bertz CT molecular complexity index is 563. The molecule has 0 aliphatic heterocycles. The number of fused-ring (bicyclic) bond motifs is 2. The van der Waals surface area contributed by atoms with Crippen LogP contribution in [0.15, 0.2) is 18.2 Å². The summed E-state index contributed by atoms with van der Waals surface area (Å²) in [6.45, 7) is 0.166. The number of benzene rings is 1. The smallest absolute Gasteiger partial charge is 0.220 e. The molecule has 0 heterocycles. The van der Waals surface area contributed by atoms with E-state index >= 15 is 0 Å². The van der Waals surface area contributed by atoms with Crippen LogP contribution in [-0.2, 0) is 11.2 Å². The van der Waals surface area contributed by atoms with E-state index in [9.17, 15) is 15.0 Å². The highest BCUT2D eigenvalue weighted by molar-refractivity contribution is 6.32. The molecule has 1 amide bonds. The van der Waals surface area contributed by atoms with Crippen LogP contribution in [0.25, 0.3) is 0 Å². The summed E-state index contributed by atoms with van der Waals surface area (Å²) in [4.78, 5) is 12.2. The SMILES string of the molecule is O=C(CCc1ccc(O)c(Cl)c1)NC1C2CCC(C2)C1CO. The second-order valence-electron chi connectivity index (χ2n) is 6.56. The highest BCUT2D eigenvalue weighted by Crippen LogP contribution is 2.48. The number of carbonyl (C=O) groups excluding carboxylic acids is 1. The first-order valence-electron chi connectivity index (χ1n) is 7.96. The van der Waals surface area contributed by atoms with Gasteiger partial charge in [-0.1, -0.05) is 17.7 Å². The summed E-state index contributed by atoms with van der Waals surface area (Å²) in [5, 5.41) is 22.4. The fraction of sp³-hybridized carbons (Fsp3) is 0.588. The van der Waals surface area contributed by atoms with Crippen molar-refractivity contribution < 1.29 is 15.0 Å². The Hall–Kier alpha value is -1.26. The second-order valence-corrected chi connectivity index (χ2v) is 6.97. The third kappa shape index (κ3) is 3.08. The number of phenolic OH excluding ortho intramolecular Hbond substituents is 1. The molecule has 2 bridgehead atoms. The predicted molar refractivity (Wildman–Crippen MR) is 84.8 cm³/mol. The number of rotatable bonds is 5. The minimum Gasteiger partial charge on any atom is -0.506 e. The van der Waals surface area contributed by atoms with E-state index in [1.54, 1.807) is 18.2 Å².